The summed E-state index contributed by atoms with van der Waals surface area (Å²) in [5.41, 5.74) is 5.48. The molecule has 1 aromatic carbocycles. The highest BCUT2D eigenvalue weighted by Crippen LogP contribution is 2.19. The van der Waals surface area contributed by atoms with E-state index in [2.05, 4.69) is 5.32 Å². The van der Waals surface area contributed by atoms with E-state index in [-0.39, 0.29) is 10.6 Å². The van der Waals surface area contributed by atoms with Gasteiger partial charge in [0.05, 0.1) is 16.6 Å². The summed E-state index contributed by atoms with van der Waals surface area (Å²) in [4.78, 5) is 11.7. The molecule has 0 fully saturated rings. The largest absolute Gasteiger partial charge is 0.322 e. The molecule has 1 aromatic rings. The van der Waals surface area contributed by atoms with Crippen LogP contribution in [-0.4, -0.2) is 38.6 Å². The van der Waals surface area contributed by atoms with Gasteiger partial charge < -0.3 is 11.1 Å². The van der Waals surface area contributed by atoms with E-state index in [1.807, 2.05) is 6.26 Å². The van der Waals surface area contributed by atoms with Gasteiger partial charge in [-0.2, -0.15) is 11.8 Å². The number of benzene rings is 1. The number of nitrogens with two attached hydrogens (primary N) is 1. The molecule has 3 N–H and O–H groups in total. The summed E-state index contributed by atoms with van der Waals surface area (Å²) in [5.74, 6) is -0.535. The Morgan fingerprint density at radius 1 is 1.50 bits per heavy atom. The Morgan fingerprint density at radius 3 is 2.70 bits per heavy atom. The van der Waals surface area contributed by atoms with Crippen LogP contribution in [0.5, 0.6) is 0 Å². The summed E-state index contributed by atoms with van der Waals surface area (Å²) in [7, 11) is -3.46. The molecule has 0 radical (unpaired) electrons. The SMILES string of the molecule is CSCC[C@@H](N)C(=O)Nc1cc(S(C)(=O)=O)ccc1F. The molecule has 0 bridgehead atoms. The Bertz CT molecular complexity index is 590. The predicted molar refractivity (Wildman–Crippen MR) is 79.1 cm³/mol. The van der Waals surface area contributed by atoms with Crippen molar-refractivity contribution in [2.75, 3.05) is 23.6 Å². The van der Waals surface area contributed by atoms with Crippen molar-refractivity contribution < 1.29 is 17.6 Å². The van der Waals surface area contributed by atoms with Gasteiger partial charge in [-0.05, 0) is 36.6 Å². The fourth-order valence-corrected chi connectivity index (χ4v) is 2.57. The van der Waals surface area contributed by atoms with Crippen LogP contribution in [0.3, 0.4) is 0 Å². The molecule has 8 heteroatoms. The lowest BCUT2D eigenvalue weighted by atomic mass is 10.2. The maximum Gasteiger partial charge on any atom is 0.241 e. The number of anilines is 1. The summed E-state index contributed by atoms with van der Waals surface area (Å²) < 4.78 is 36.4. The van der Waals surface area contributed by atoms with Crippen molar-refractivity contribution in [2.24, 2.45) is 5.73 Å². The van der Waals surface area contributed by atoms with Gasteiger partial charge in [-0.15, -0.1) is 0 Å². The van der Waals surface area contributed by atoms with Gasteiger partial charge in [0.1, 0.15) is 5.82 Å². The second-order valence-electron chi connectivity index (χ2n) is 4.29. The molecule has 20 heavy (non-hydrogen) atoms. The summed E-state index contributed by atoms with van der Waals surface area (Å²) in [5, 5.41) is 2.32. The monoisotopic (exact) mass is 320 g/mol. The van der Waals surface area contributed by atoms with Crippen molar-refractivity contribution in [3.8, 4) is 0 Å². The molecule has 0 unspecified atom stereocenters. The molecule has 0 saturated carbocycles. The second-order valence-corrected chi connectivity index (χ2v) is 7.29. The molecule has 1 rings (SSSR count). The quantitative estimate of drug-likeness (QED) is 0.770. The Kier molecular flexibility index (Phi) is 5.97. The Morgan fingerprint density at radius 2 is 2.15 bits per heavy atom. The first kappa shape index (κ1) is 16.9. The van der Waals surface area contributed by atoms with E-state index in [4.69, 9.17) is 5.73 Å². The van der Waals surface area contributed by atoms with E-state index >= 15 is 0 Å². The second kappa shape index (κ2) is 7.05. The number of nitrogens with one attached hydrogen (secondary N) is 1. The number of halogens is 1. The van der Waals surface area contributed by atoms with Crippen molar-refractivity contribution in [3.05, 3.63) is 24.0 Å². The van der Waals surface area contributed by atoms with Gasteiger partial charge in [0, 0.05) is 6.26 Å². The van der Waals surface area contributed by atoms with Gasteiger partial charge in [-0.3, -0.25) is 4.79 Å². The highest BCUT2D eigenvalue weighted by Gasteiger charge is 2.17. The first-order chi connectivity index (χ1) is 9.25. The van der Waals surface area contributed by atoms with Crippen molar-refractivity contribution >= 4 is 33.2 Å². The zero-order valence-corrected chi connectivity index (χ0v) is 12.9. The van der Waals surface area contributed by atoms with Gasteiger partial charge in [0.2, 0.25) is 5.91 Å². The van der Waals surface area contributed by atoms with Crippen molar-refractivity contribution in [1.29, 1.82) is 0 Å². The first-order valence-corrected chi connectivity index (χ1v) is 9.09. The molecule has 0 aromatic heterocycles. The smallest absolute Gasteiger partial charge is 0.241 e. The van der Waals surface area contributed by atoms with E-state index < -0.39 is 27.6 Å². The molecule has 0 aliphatic carbocycles. The molecule has 1 atom stereocenters. The van der Waals surface area contributed by atoms with Gasteiger partial charge >= 0.3 is 0 Å². The molecule has 0 aliphatic rings. The zero-order chi connectivity index (χ0) is 15.3. The van der Waals surface area contributed by atoms with Crippen LogP contribution in [0.2, 0.25) is 0 Å². The highest BCUT2D eigenvalue weighted by molar-refractivity contribution is 7.98. The summed E-state index contributed by atoms with van der Waals surface area (Å²) in [6.45, 7) is 0. The van der Waals surface area contributed by atoms with E-state index in [1.54, 1.807) is 11.8 Å². The van der Waals surface area contributed by atoms with Crippen LogP contribution in [-0.2, 0) is 14.6 Å². The minimum Gasteiger partial charge on any atom is -0.322 e. The number of hydrogen-bond donors (Lipinski definition) is 2. The molecule has 112 valence electrons. The normalized spacial score (nSPS) is 13.0. The van der Waals surface area contributed by atoms with Gasteiger partial charge in [-0.25, -0.2) is 12.8 Å². The maximum absolute atomic E-state index is 13.6. The molecule has 0 heterocycles. The number of carbonyl (C=O) groups excluding carboxylic acids is 1. The minimum absolute atomic E-state index is 0.0631. The van der Waals surface area contributed by atoms with Crippen LogP contribution in [0.1, 0.15) is 6.42 Å². The highest BCUT2D eigenvalue weighted by atomic mass is 32.2. The molecule has 5 nitrogen and oxygen atoms in total. The summed E-state index contributed by atoms with van der Waals surface area (Å²) >= 11 is 1.55. The predicted octanol–water partition coefficient (Wildman–Crippen LogP) is 1.25. The number of thioether (sulfide) groups is 1. The maximum atomic E-state index is 13.6. The molecular weight excluding hydrogens is 303 g/mol. The van der Waals surface area contributed by atoms with Gasteiger partial charge in [0.15, 0.2) is 9.84 Å². The fraction of sp³-hybridized carbons (Fsp3) is 0.417. The van der Waals surface area contributed by atoms with Crippen molar-refractivity contribution in [3.63, 3.8) is 0 Å². The van der Waals surface area contributed by atoms with Crippen LogP contribution in [0, 0.1) is 5.82 Å². The molecule has 0 aliphatic heterocycles. The first-order valence-electron chi connectivity index (χ1n) is 5.80. The molecule has 0 spiro atoms. The van der Waals surface area contributed by atoms with E-state index in [9.17, 15) is 17.6 Å². The van der Waals surface area contributed by atoms with Crippen LogP contribution < -0.4 is 11.1 Å². The fourth-order valence-electron chi connectivity index (χ4n) is 1.43. The summed E-state index contributed by atoms with van der Waals surface area (Å²) in [6.07, 6.45) is 3.36. The zero-order valence-electron chi connectivity index (χ0n) is 11.2. The van der Waals surface area contributed by atoms with E-state index in [0.29, 0.717) is 12.2 Å². The van der Waals surface area contributed by atoms with Gasteiger partial charge in [-0.1, -0.05) is 0 Å². The lowest BCUT2D eigenvalue weighted by molar-refractivity contribution is -0.117. The third kappa shape index (κ3) is 4.77. The third-order valence-corrected chi connectivity index (χ3v) is 4.35. The molecular formula is C12H17FN2O3S2. The molecule has 0 saturated heterocycles. The number of carbonyl (C=O) groups is 1. The number of rotatable bonds is 6. The standard InChI is InChI=1S/C12H17FN2O3S2/c1-19-6-5-10(14)12(16)15-11-7-8(20(2,17)18)3-4-9(11)13/h3-4,7,10H,5-6,14H2,1-2H3,(H,15,16)/t10-/m1/s1. The molecule has 1 amide bonds. The topological polar surface area (TPSA) is 89.3 Å². The van der Waals surface area contributed by atoms with Crippen LogP contribution >= 0.6 is 11.8 Å². The number of amides is 1. The van der Waals surface area contributed by atoms with Crippen LogP contribution in [0.4, 0.5) is 10.1 Å². The van der Waals surface area contributed by atoms with Crippen LogP contribution in [0.15, 0.2) is 23.1 Å². The van der Waals surface area contributed by atoms with Crippen molar-refractivity contribution in [2.45, 2.75) is 17.4 Å². The average Bonchev–Trinajstić information content (AvgIpc) is 2.37. The Balaban J connectivity index is 2.89. The summed E-state index contributed by atoms with van der Waals surface area (Å²) in [6, 6.07) is 2.47. The van der Waals surface area contributed by atoms with Crippen LogP contribution in [0.25, 0.3) is 0 Å². The number of hydrogen-bond acceptors (Lipinski definition) is 5. The average molecular weight is 320 g/mol. The van der Waals surface area contributed by atoms with Crippen molar-refractivity contribution in [1.82, 2.24) is 0 Å². The lowest BCUT2D eigenvalue weighted by Crippen LogP contribution is -2.36. The number of sulfone groups is 1. The minimum atomic E-state index is -3.46. The lowest BCUT2D eigenvalue weighted by Gasteiger charge is -2.12. The third-order valence-electron chi connectivity index (χ3n) is 2.59. The van der Waals surface area contributed by atoms with E-state index in [1.165, 1.54) is 0 Å². The van der Waals surface area contributed by atoms with Gasteiger partial charge in [0.25, 0.3) is 0 Å². The Hall–Kier alpha value is -1.12. The Labute approximate surface area is 122 Å². The van der Waals surface area contributed by atoms with E-state index in [0.717, 1.165) is 24.5 Å².